The number of benzene rings is 1. The van der Waals surface area contributed by atoms with Crippen molar-refractivity contribution in [2.75, 3.05) is 7.11 Å². The van der Waals surface area contributed by atoms with Gasteiger partial charge in [0.15, 0.2) is 0 Å². The molecule has 0 radical (unpaired) electrons. The summed E-state index contributed by atoms with van der Waals surface area (Å²) in [5, 5.41) is 10.9. The molecule has 2 rings (SSSR count). The van der Waals surface area contributed by atoms with Crippen LogP contribution in [0, 0.1) is 10.1 Å². The van der Waals surface area contributed by atoms with Gasteiger partial charge in [0.05, 0.1) is 23.2 Å². The number of ether oxygens (including phenoxy) is 1. The van der Waals surface area contributed by atoms with Crippen LogP contribution in [-0.4, -0.2) is 23.0 Å². The first kappa shape index (κ1) is 11.8. The summed E-state index contributed by atoms with van der Waals surface area (Å²) >= 11 is 0. The van der Waals surface area contributed by atoms with Crippen LogP contribution >= 0.6 is 0 Å². The van der Waals surface area contributed by atoms with Crippen molar-refractivity contribution in [3.05, 3.63) is 52.3 Å². The van der Waals surface area contributed by atoms with Gasteiger partial charge in [-0.15, -0.1) is 0 Å². The number of rotatable bonds is 3. The first-order chi connectivity index (χ1) is 8.65. The van der Waals surface area contributed by atoms with Gasteiger partial charge in [0.1, 0.15) is 0 Å². The van der Waals surface area contributed by atoms with Gasteiger partial charge in [-0.2, -0.15) is 0 Å². The molecule has 0 fully saturated rings. The molecule has 1 N–H and O–H groups in total. The van der Waals surface area contributed by atoms with E-state index in [9.17, 15) is 14.9 Å². The molecular weight excluding hydrogens is 236 g/mol. The summed E-state index contributed by atoms with van der Waals surface area (Å²) in [7, 11) is 1.26. The molecule has 92 valence electrons. The Morgan fingerprint density at radius 1 is 1.28 bits per heavy atom. The maximum absolute atomic E-state index is 11.5. The number of methoxy groups -OCH3 is 1. The van der Waals surface area contributed by atoms with Crippen molar-refractivity contribution in [2.24, 2.45) is 0 Å². The second-order valence-corrected chi connectivity index (χ2v) is 3.55. The van der Waals surface area contributed by atoms with Crippen molar-refractivity contribution in [3.63, 3.8) is 0 Å². The van der Waals surface area contributed by atoms with E-state index in [-0.39, 0.29) is 11.3 Å². The molecule has 0 aliphatic rings. The van der Waals surface area contributed by atoms with E-state index in [2.05, 4.69) is 9.72 Å². The molecule has 0 saturated carbocycles. The lowest BCUT2D eigenvalue weighted by Crippen LogP contribution is -2.02. The molecule has 0 aliphatic carbocycles. The van der Waals surface area contributed by atoms with Crippen LogP contribution in [0.1, 0.15) is 10.4 Å². The predicted molar refractivity (Wildman–Crippen MR) is 64.2 cm³/mol. The highest BCUT2D eigenvalue weighted by molar-refractivity contribution is 5.98. The Bertz CT molecular complexity index is 604. The van der Waals surface area contributed by atoms with Gasteiger partial charge in [-0.3, -0.25) is 10.1 Å². The van der Waals surface area contributed by atoms with Crippen molar-refractivity contribution in [2.45, 2.75) is 0 Å². The average Bonchev–Trinajstić information content (AvgIpc) is 2.86. The molecule has 2 aromatic rings. The smallest absolute Gasteiger partial charge is 0.340 e. The van der Waals surface area contributed by atoms with E-state index in [0.717, 1.165) is 0 Å². The number of esters is 1. The fraction of sp³-hybridized carbons (Fsp3) is 0.0833. The zero-order valence-corrected chi connectivity index (χ0v) is 9.54. The lowest BCUT2D eigenvalue weighted by Gasteiger charge is -2.03. The quantitative estimate of drug-likeness (QED) is 0.511. The van der Waals surface area contributed by atoms with Crippen LogP contribution in [0.5, 0.6) is 0 Å². The van der Waals surface area contributed by atoms with Crippen molar-refractivity contribution in [1.29, 1.82) is 0 Å². The highest BCUT2D eigenvalue weighted by atomic mass is 16.6. The van der Waals surface area contributed by atoms with E-state index in [1.807, 2.05) is 0 Å². The van der Waals surface area contributed by atoms with E-state index in [0.29, 0.717) is 11.1 Å². The van der Waals surface area contributed by atoms with Crippen LogP contribution in [-0.2, 0) is 4.74 Å². The maximum atomic E-state index is 11.5. The summed E-state index contributed by atoms with van der Waals surface area (Å²) in [4.78, 5) is 24.8. The summed E-state index contributed by atoms with van der Waals surface area (Å²) in [6.07, 6.45) is 2.99. The number of aromatic amines is 1. The fourth-order valence-corrected chi connectivity index (χ4v) is 1.73. The molecular formula is C12H10N2O4. The molecule has 0 amide bonds. The minimum absolute atomic E-state index is 0.0535. The van der Waals surface area contributed by atoms with Crippen LogP contribution in [0.4, 0.5) is 5.69 Å². The molecule has 1 aromatic heterocycles. The summed E-state index contributed by atoms with van der Waals surface area (Å²) in [5.74, 6) is -0.538. The van der Waals surface area contributed by atoms with E-state index in [1.54, 1.807) is 18.2 Å². The lowest BCUT2D eigenvalue weighted by molar-refractivity contribution is -0.384. The number of hydrogen-bond donors (Lipinski definition) is 1. The van der Waals surface area contributed by atoms with Gasteiger partial charge >= 0.3 is 5.97 Å². The Labute approximate surface area is 102 Å². The van der Waals surface area contributed by atoms with Crippen molar-refractivity contribution >= 4 is 11.7 Å². The summed E-state index contributed by atoms with van der Waals surface area (Å²) in [6.45, 7) is 0. The van der Waals surface area contributed by atoms with Gasteiger partial charge in [-0.1, -0.05) is 12.1 Å². The van der Waals surface area contributed by atoms with Crippen molar-refractivity contribution < 1.29 is 14.5 Å². The minimum Gasteiger partial charge on any atom is -0.465 e. The van der Waals surface area contributed by atoms with Crippen molar-refractivity contribution in [3.8, 4) is 11.1 Å². The molecule has 0 atom stereocenters. The van der Waals surface area contributed by atoms with E-state index >= 15 is 0 Å². The zero-order valence-electron chi connectivity index (χ0n) is 9.54. The van der Waals surface area contributed by atoms with Crippen LogP contribution in [0.2, 0.25) is 0 Å². The van der Waals surface area contributed by atoms with Crippen molar-refractivity contribution in [1.82, 2.24) is 4.98 Å². The monoisotopic (exact) mass is 246 g/mol. The molecule has 6 heteroatoms. The number of H-pyrrole nitrogens is 1. The SMILES string of the molecule is COC(=O)c1c[nH]cc1-c1ccccc1[N+](=O)[O-]. The Balaban J connectivity index is 2.60. The van der Waals surface area contributed by atoms with Crippen LogP contribution < -0.4 is 0 Å². The lowest BCUT2D eigenvalue weighted by atomic mass is 10.0. The summed E-state index contributed by atoms with van der Waals surface area (Å²) in [5.41, 5.74) is 1.05. The molecule has 0 spiro atoms. The normalized spacial score (nSPS) is 10.1. The molecule has 1 heterocycles. The molecule has 6 nitrogen and oxygen atoms in total. The van der Waals surface area contributed by atoms with E-state index in [4.69, 9.17) is 0 Å². The number of carbonyl (C=O) groups is 1. The Hall–Kier alpha value is -2.63. The van der Waals surface area contributed by atoms with Crippen LogP contribution in [0.25, 0.3) is 11.1 Å². The highest BCUT2D eigenvalue weighted by Crippen LogP contribution is 2.32. The standard InChI is InChI=1S/C12H10N2O4/c1-18-12(15)10-7-13-6-9(10)8-4-2-3-5-11(8)14(16)17/h2-7,13H,1H3. The van der Waals surface area contributed by atoms with Gasteiger partial charge < -0.3 is 9.72 Å². The third-order valence-electron chi connectivity index (χ3n) is 2.54. The van der Waals surface area contributed by atoms with Crippen LogP contribution in [0.15, 0.2) is 36.7 Å². The number of aromatic nitrogens is 1. The first-order valence-corrected chi connectivity index (χ1v) is 5.14. The van der Waals surface area contributed by atoms with Gasteiger partial charge in [0.2, 0.25) is 0 Å². The van der Waals surface area contributed by atoms with Crippen LogP contribution in [0.3, 0.4) is 0 Å². The topological polar surface area (TPSA) is 85.2 Å². The highest BCUT2D eigenvalue weighted by Gasteiger charge is 2.21. The number of nitrogens with one attached hydrogen (secondary N) is 1. The van der Waals surface area contributed by atoms with Gasteiger partial charge in [-0.25, -0.2) is 4.79 Å². The summed E-state index contributed by atoms with van der Waals surface area (Å²) < 4.78 is 4.63. The molecule has 18 heavy (non-hydrogen) atoms. The van der Waals surface area contributed by atoms with Gasteiger partial charge in [0, 0.05) is 24.0 Å². The van der Waals surface area contributed by atoms with Gasteiger partial charge in [-0.05, 0) is 6.07 Å². The van der Waals surface area contributed by atoms with Gasteiger partial charge in [0.25, 0.3) is 5.69 Å². The van der Waals surface area contributed by atoms with E-state index in [1.165, 1.54) is 25.6 Å². The minimum atomic E-state index is -0.538. The summed E-state index contributed by atoms with van der Waals surface area (Å²) in [6, 6.07) is 6.24. The number of hydrogen-bond acceptors (Lipinski definition) is 4. The Morgan fingerprint density at radius 3 is 2.67 bits per heavy atom. The molecule has 0 unspecified atom stereocenters. The third kappa shape index (κ3) is 1.95. The largest absolute Gasteiger partial charge is 0.465 e. The average molecular weight is 246 g/mol. The Morgan fingerprint density at radius 2 is 2.00 bits per heavy atom. The first-order valence-electron chi connectivity index (χ1n) is 5.14. The third-order valence-corrected chi connectivity index (χ3v) is 2.54. The molecule has 0 bridgehead atoms. The number of carbonyl (C=O) groups excluding carboxylic acids is 1. The Kier molecular flexibility index (Phi) is 3.09. The maximum Gasteiger partial charge on any atom is 0.340 e. The number of nitrogens with zero attached hydrogens (tertiary/aromatic N) is 1. The van der Waals surface area contributed by atoms with E-state index < -0.39 is 10.9 Å². The predicted octanol–water partition coefficient (Wildman–Crippen LogP) is 2.38. The number of nitro benzene ring substituents is 1. The molecule has 0 saturated heterocycles. The molecule has 1 aromatic carbocycles. The fourth-order valence-electron chi connectivity index (χ4n) is 1.73. The second kappa shape index (κ2) is 4.70. The zero-order chi connectivity index (χ0) is 13.1. The second-order valence-electron chi connectivity index (χ2n) is 3.55. The molecule has 0 aliphatic heterocycles. The number of nitro groups is 1. The number of para-hydroxylation sites is 1.